The summed E-state index contributed by atoms with van der Waals surface area (Å²) in [6.07, 6.45) is 7.70. The molecule has 0 aromatic heterocycles. The second-order valence-electron chi connectivity index (χ2n) is 2.99. The SMILES string of the molecule is CCCCC/C=C/C(C)(O)O. The first kappa shape index (κ1) is 10.7. The molecule has 66 valence electrons. The standard InChI is InChI=1S/C9H18O2/c1-3-4-5-6-7-8-9(2,10)11/h7-8,10-11H,3-6H2,1-2H3/b8-7+. The summed E-state index contributed by atoms with van der Waals surface area (Å²) >= 11 is 0. The van der Waals surface area contributed by atoms with Crippen molar-refractivity contribution in [2.24, 2.45) is 0 Å². The molecule has 0 aromatic carbocycles. The molecule has 2 nitrogen and oxygen atoms in total. The van der Waals surface area contributed by atoms with E-state index in [1.807, 2.05) is 6.08 Å². The highest BCUT2D eigenvalue weighted by molar-refractivity contribution is 4.90. The van der Waals surface area contributed by atoms with Crippen LogP contribution in [0.15, 0.2) is 12.2 Å². The minimum Gasteiger partial charge on any atom is -0.363 e. The van der Waals surface area contributed by atoms with Crippen LogP contribution in [0.4, 0.5) is 0 Å². The van der Waals surface area contributed by atoms with Gasteiger partial charge in [0, 0.05) is 0 Å². The smallest absolute Gasteiger partial charge is 0.179 e. The van der Waals surface area contributed by atoms with Crippen molar-refractivity contribution in [1.29, 1.82) is 0 Å². The zero-order valence-corrected chi connectivity index (χ0v) is 7.38. The van der Waals surface area contributed by atoms with E-state index in [4.69, 9.17) is 10.2 Å². The zero-order chi connectivity index (χ0) is 8.74. The van der Waals surface area contributed by atoms with Gasteiger partial charge in [-0.1, -0.05) is 25.8 Å². The molecular weight excluding hydrogens is 140 g/mol. The van der Waals surface area contributed by atoms with E-state index < -0.39 is 5.79 Å². The Morgan fingerprint density at radius 2 is 1.91 bits per heavy atom. The summed E-state index contributed by atoms with van der Waals surface area (Å²) in [5, 5.41) is 17.7. The molecule has 0 atom stereocenters. The maximum Gasteiger partial charge on any atom is 0.179 e. The molecule has 11 heavy (non-hydrogen) atoms. The molecule has 0 spiro atoms. The van der Waals surface area contributed by atoms with E-state index >= 15 is 0 Å². The van der Waals surface area contributed by atoms with E-state index in [2.05, 4.69) is 6.92 Å². The van der Waals surface area contributed by atoms with Gasteiger partial charge in [0.1, 0.15) is 0 Å². The minimum absolute atomic E-state index is 0.935. The lowest BCUT2D eigenvalue weighted by atomic mass is 10.2. The van der Waals surface area contributed by atoms with Crippen LogP contribution in [0, 0.1) is 0 Å². The summed E-state index contributed by atoms with van der Waals surface area (Å²) in [4.78, 5) is 0. The molecule has 0 aliphatic carbocycles. The number of hydrogen-bond acceptors (Lipinski definition) is 2. The Hall–Kier alpha value is -0.340. The number of aliphatic hydroxyl groups is 2. The van der Waals surface area contributed by atoms with E-state index in [1.165, 1.54) is 25.8 Å². The van der Waals surface area contributed by atoms with Gasteiger partial charge in [0.05, 0.1) is 0 Å². The summed E-state index contributed by atoms with van der Waals surface area (Å²) in [7, 11) is 0. The minimum atomic E-state index is -1.63. The van der Waals surface area contributed by atoms with Crippen molar-refractivity contribution in [3.63, 3.8) is 0 Å². The van der Waals surface area contributed by atoms with Gasteiger partial charge in [-0.2, -0.15) is 0 Å². The first-order chi connectivity index (χ1) is 5.06. The fourth-order valence-corrected chi connectivity index (χ4v) is 0.819. The lowest BCUT2D eigenvalue weighted by Crippen LogP contribution is -2.18. The first-order valence-electron chi connectivity index (χ1n) is 4.18. The second kappa shape index (κ2) is 5.33. The van der Waals surface area contributed by atoms with Gasteiger partial charge < -0.3 is 10.2 Å². The van der Waals surface area contributed by atoms with Gasteiger partial charge >= 0.3 is 0 Å². The van der Waals surface area contributed by atoms with Crippen molar-refractivity contribution in [3.8, 4) is 0 Å². The molecule has 0 rings (SSSR count). The summed E-state index contributed by atoms with van der Waals surface area (Å²) in [5.74, 6) is -1.63. The lowest BCUT2D eigenvalue weighted by Gasteiger charge is -2.08. The number of hydrogen-bond donors (Lipinski definition) is 2. The van der Waals surface area contributed by atoms with Crippen LogP contribution in [0.25, 0.3) is 0 Å². The van der Waals surface area contributed by atoms with Crippen molar-refractivity contribution < 1.29 is 10.2 Å². The highest BCUT2D eigenvalue weighted by Crippen LogP contribution is 2.03. The predicted molar refractivity (Wildman–Crippen MR) is 46.1 cm³/mol. The molecule has 2 N–H and O–H groups in total. The second-order valence-corrected chi connectivity index (χ2v) is 2.99. The van der Waals surface area contributed by atoms with Crippen molar-refractivity contribution in [2.45, 2.75) is 45.3 Å². The summed E-state index contributed by atoms with van der Waals surface area (Å²) in [6.45, 7) is 3.50. The van der Waals surface area contributed by atoms with E-state index in [1.54, 1.807) is 0 Å². The Balaban J connectivity index is 3.30. The van der Waals surface area contributed by atoms with E-state index in [0.29, 0.717) is 0 Å². The Bertz CT molecular complexity index is 111. The monoisotopic (exact) mass is 158 g/mol. The fraction of sp³-hybridized carbons (Fsp3) is 0.778. The van der Waals surface area contributed by atoms with Crippen LogP contribution >= 0.6 is 0 Å². The van der Waals surface area contributed by atoms with Crippen LogP contribution < -0.4 is 0 Å². The average Bonchev–Trinajstić information content (AvgIpc) is 1.85. The molecule has 0 bridgehead atoms. The average molecular weight is 158 g/mol. The number of rotatable bonds is 5. The van der Waals surface area contributed by atoms with Crippen molar-refractivity contribution in [3.05, 3.63) is 12.2 Å². The van der Waals surface area contributed by atoms with Gasteiger partial charge in [0.25, 0.3) is 0 Å². The fourth-order valence-electron chi connectivity index (χ4n) is 0.819. The molecule has 0 aromatic rings. The Morgan fingerprint density at radius 3 is 2.36 bits per heavy atom. The Morgan fingerprint density at radius 1 is 1.27 bits per heavy atom. The van der Waals surface area contributed by atoms with Gasteiger partial charge in [0.15, 0.2) is 5.79 Å². The molecule has 0 radical (unpaired) electrons. The number of unbranched alkanes of at least 4 members (excludes halogenated alkanes) is 3. The largest absolute Gasteiger partial charge is 0.363 e. The molecule has 0 fully saturated rings. The predicted octanol–water partition coefficient (Wildman–Crippen LogP) is 1.82. The normalized spacial score (nSPS) is 12.7. The van der Waals surface area contributed by atoms with Crippen LogP contribution in [0.5, 0.6) is 0 Å². The van der Waals surface area contributed by atoms with Crippen molar-refractivity contribution in [1.82, 2.24) is 0 Å². The third kappa shape index (κ3) is 9.66. The maximum absolute atomic E-state index is 8.84. The number of allylic oxidation sites excluding steroid dienone is 1. The van der Waals surface area contributed by atoms with E-state index in [9.17, 15) is 0 Å². The molecular formula is C9H18O2. The molecule has 0 aliphatic rings. The first-order valence-corrected chi connectivity index (χ1v) is 4.18. The molecule has 2 heteroatoms. The van der Waals surface area contributed by atoms with Gasteiger partial charge in [0.2, 0.25) is 0 Å². The topological polar surface area (TPSA) is 40.5 Å². The van der Waals surface area contributed by atoms with Crippen LogP contribution in [0.2, 0.25) is 0 Å². The van der Waals surface area contributed by atoms with Gasteiger partial charge in [-0.25, -0.2) is 0 Å². The van der Waals surface area contributed by atoms with Gasteiger partial charge in [-0.05, 0) is 25.8 Å². The van der Waals surface area contributed by atoms with Crippen LogP contribution in [-0.2, 0) is 0 Å². The third-order valence-electron chi connectivity index (χ3n) is 1.41. The van der Waals surface area contributed by atoms with E-state index in [0.717, 1.165) is 12.8 Å². The molecule has 0 aliphatic heterocycles. The van der Waals surface area contributed by atoms with Crippen LogP contribution in [0.1, 0.15) is 39.5 Å². The van der Waals surface area contributed by atoms with Gasteiger partial charge in [-0.3, -0.25) is 0 Å². The highest BCUT2D eigenvalue weighted by Gasteiger charge is 2.06. The Kier molecular flexibility index (Phi) is 5.16. The zero-order valence-electron chi connectivity index (χ0n) is 7.38. The molecule has 0 heterocycles. The summed E-state index contributed by atoms with van der Waals surface area (Å²) < 4.78 is 0. The summed E-state index contributed by atoms with van der Waals surface area (Å²) in [5.41, 5.74) is 0. The maximum atomic E-state index is 8.84. The Labute approximate surface area is 68.6 Å². The quantitative estimate of drug-likeness (QED) is 0.364. The molecule has 0 amide bonds. The lowest BCUT2D eigenvalue weighted by molar-refractivity contribution is -0.101. The van der Waals surface area contributed by atoms with Crippen LogP contribution in [-0.4, -0.2) is 16.0 Å². The van der Waals surface area contributed by atoms with Gasteiger partial charge in [-0.15, -0.1) is 0 Å². The molecule has 0 unspecified atom stereocenters. The van der Waals surface area contributed by atoms with Crippen molar-refractivity contribution in [2.75, 3.05) is 0 Å². The molecule has 0 saturated carbocycles. The summed E-state index contributed by atoms with van der Waals surface area (Å²) in [6, 6.07) is 0. The highest BCUT2D eigenvalue weighted by atomic mass is 16.5. The third-order valence-corrected chi connectivity index (χ3v) is 1.41. The van der Waals surface area contributed by atoms with E-state index in [-0.39, 0.29) is 0 Å². The van der Waals surface area contributed by atoms with Crippen molar-refractivity contribution >= 4 is 0 Å². The van der Waals surface area contributed by atoms with Crippen LogP contribution in [0.3, 0.4) is 0 Å². The molecule has 0 saturated heterocycles.